The molecule has 0 saturated heterocycles. The molecule has 2 amide bonds. The van der Waals surface area contributed by atoms with Crippen LogP contribution in [0.25, 0.3) is 0 Å². The minimum Gasteiger partial charge on any atom is -0.382 e. The number of aromatic nitrogens is 1. The summed E-state index contributed by atoms with van der Waals surface area (Å²) in [6, 6.07) is 12.4. The maximum absolute atomic E-state index is 13.4. The van der Waals surface area contributed by atoms with Gasteiger partial charge in [0.05, 0.1) is 13.1 Å². The Kier molecular flexibility index (Phi) is 13.8. The van der Waals surface area contributed by atoms with E-state index in [1.165, 1.54) is 5.56 Å². The van der Waals surface area contributed by atoms with Crippen LogP contribution in [0.15, 0.2) is 47.1 Å². The Balaban J connectivity index is 2.10. The number of halogens is 1. The third-order valence-corrected chi connectivity index (χ3v) is 6.55. The Labute approximate surface area is 219 Å². The number of hydrogen-bond acceptors (Lipinski definition) is 3. The zero-order valence-corrected chi connectivity index (χ0v) is 23.3. The van der Waals surface area contributed by atoms with E-state index < -0.39 is 0 Å². The number of carbonyl (C=O) groups is 2. The highest BCUT2D eigenvalue weighted by Gasteiger charge is 2.21. The van der Waals surface area contributed by atoms with Crippen LogP contribution in [0.1, 0.15) is 70.6 Å². The van der Waals surface area contributed by atoms with Gasteiger partial charge < -0.3 is 19.1 Å². The van der Waals surface area contributed by atoms with Crippen LogP contribution >= 0.6 is 15.9 Å². The van der Waals surface area contributed by atoms with Crippen molar-refractivity contribution in [2.24, 2.45) is 0 Å². The molecule has 0 aliphatic carbocycles. The lowest BCUT2D eigenvalue weighted by Gasteiger charge is -2.28. The van der Waals surface area contributed by atoms with E-state index in [-0.39, 0.29) is 18.4 Å². The highest BCUT2D eigenvalue weighted by molar-refractivity contribution is 9.10. The van der Waals surface area contributed by atoms with Gasteiger partial charge in [-0.2, -0.15) is 0 Å². The summed E-state index contributed by atoms with van der Waals surface area (Å²) in [6.07, 6.45) is 7.05. The zero-order chi connectivity index (χ0) is 25.5. The molecule has 0 unspecified atom stereocenters. The number of ether oxygens (including phenoxy) is 1. The molecule has 0 saturated carbocycles. The van der Waals surface area contributed by atoms with Crippen molar-refractivity contribution in [3.05, 3.63) is 58.3 Å². The van der Waals surface area contributed by atoms with E-state index in [2.05, 4.69) is 58.7 Å². The van der Waals surface area contributed by atoms with Gasteiger partial charge in [-0.05, 0) is 56.0 Å². The summed E-state index contributed by atoms with van der Waals surface area (Å²) in [4.78, 5) is 29.9. The summed E-state index contributed by atoms with van der Waals surface area (Å²) in [5.74, 6) is 0.0712. The molecule has 2 rings (SSSR count). The quantitative estimate of drug-likeness (QED) is 0.232. The molecule has 0 radical (unpaired) electrons. The van der Waals surface area contributed by atoms with E-state index in [0.717, 1.165) is 48.8 Å². The summed E-state index contributed by atoms with van der Waals surface area (Å²) >= 11 is 3.49. The fourth-order valence-corrected chi connectivity index (χ4v) is 4.18. The molecule has 0 N–H and O–H groups in total. The lowest BCUT2D eigenvalue weighted by atomic mass is 10.2. The number of benzene rings is 1. The average molecular weight is 549 g/mol. The van der Waals surface area contributed by atoms with Crippen molar-refractivity contribution in [1.82, 2.24) is 14.4 Å². The normalized spacial score (nSPS) is 11.0. The fraction of sp³-hybridized carbons (Fsp3) is 0.571. The van der Waals surface area contributed by atoms with Crippen molar-refractivity contribution in [3.63, 3.8) is 0 Å². The summed E-state index contributed by atoms with van der Waals surface area (Å²) in [6.45, 7) is 10.1. The molecular formula is C28H42BrN3O3. The minimum absolute atomic E-state index is 0.0103. The summed E-state index contributed by atoms with van der Waals surface area (Å²) in [5, 5.41) is 0. The molecule has 0 spiro atoms. The monoisotopic (exact) mass is 547 g/mol. The van der Waals surface area contributed by atoms with Crippen LogP contribution in [0.4, 0.5) is 0 Å². The van der Waals surface area contributed by atoms with Gasteiger partial charge in [0.15, 0.2) is 0 Å². The standard InChI is InChI=1S/C28H42BrN3O3/c1-4-7-12-27(33)32(19-10-20-35-6-3)23-28(34)31(17-8-5-2)22-26-11-9-18-30(26)21-24-13-15-25(29)16-14-24/h9,11,13-16,18H,4-8,10,12,17,19-23H2,1-3H3. The predicted molar refractivity (Wildman–Crippen MR) is 145 cm³/mol. The number of hydrogen-bond donors (Lipinski definition) is 0. The molecule has 0 atom stereocenters. The second kappa shape index (κ2) is 16.5. The van der Waals surface area contributed by atoms with Crippen molar-refractivity contribution < 1.29 is 14.3 Å². The number of amides is 2. The van der Waals surface area contributed by atoms with Crippen LogP contribution in [-0.2, 0) is 27.4 Å². The lowest BCUT2D eigenvalue weighted by molar-refractivity contribution is -0.141. The van der Waals surface area contributed by atoms with Gasteiger partial charge in [-0.25, -0.2) is 0 Å². The Hall–Kier alpha value is -2.12. The predicted octanol–water partition coefficient (Wildman–Crippen LogP) is 5.87. The molecule has 2 aromatic rings. The largest absolute Gasteiger partial charge is 0.382 e. The third kappa shape index (κ3) is 10.6. The van der Waals surface area contributed by atoms with Gasteiger partial charge in [-0.3, -0.25) is 9.59 Å². The molecule has 6 nitrogen and oxygen atoms in total. The van der Waals surface area contributed by atoms with Crippen molar-refractivity contribution in [3.8, 4) is 0 Å². The number of carbonyl (C=O) groups excluding carboxylic acids is 2. The van der Waals surface area contributed by atoms with E-state index in [9.17, 15) is 9.59 Å². The molecular weight excluding hydrogens is 506 g/mol. The summed E-state index contributed by atoms with van der Waals surface area (Å²) in [7, 11) is 0. The van der Waals surface area contributed by atoms with Crippen molar-refractivity contribution in [2.75, 3.05) is 32.8 Å². The lowest BCUT2D eigenvalue weighted by Crippen LogP contribution is -2.43. The molecule has 1 aromatic heterocycles. The van der Waals surface area contributed by atoms with E-state index in [1.807, 2.05) is 30.0 Å². The van der Waals surface area contributed by atoms with Crippen LogP contribution in [0.2, 0.25) is 0 Å². The maximum Gasteiger partial charge on any atom is 0.242 e. The van der Waals surface area contributed by atoms with E-state index in [1.54, 1.807) is 4.90 Å². The maximum atomic E-state index is 13.4. The number of nitrogens with zero attached hydrogens (tertiary/aromatic N) is 3. The van der Waals surface area contributed by atoms with Gasteiger partial charge in [0.2, 0.25) is 11.8 Å². The molecule has 0 aliphatic heterocycles. The van der Waals surface area contributed by atoms with Gasteiger partial charge in [-0.1, -0.05) is 54.8 Å². The minimum atomic E-state index is 0.0103. The first-order valence-corrected chi connectivity index (χ1v) is 13.8. The zero-order valence-electron chi connectivity index (χ0n) is 21.7. The first-order valence-electron chi connectivity index (χ1n) is 13.0. The van der Waals surface area contributed by atoms with Crippen LogP contribution in [0, 0.1) is 0 Å². The molecule has 0 aliphatic rings. The van der Waals surface area contributed by atoms with Gasteiger partial charge in [0.1, 0.15) is 0 Å². The first-order chi connectivity index (χ1) is 17.0. The van der Waals surface area contributed by atoms with E-state index in [0.29, 0.717) is 39.3 Å². The van der Waals surface area contributed by atoms with Crippen LogP contribution in [0.3, 0.4) is 0 Å². The van der Waals surface area contributed by atoms with Crippen molar-refractivity contribution in [1.29, 1.82) is 0 Å². The first kappa shape index (κ1) is 29.1. The molecule has 7 heteroatoms. The fourth-order valence-electron chi connectivity index (χ4n) is 3.91. The molecule has 194 valence electrons. The second-order valence-electron chi connectivity index (χ2n) is 8.89. The Morgan fingerprint density at radius 1 is 0.914 bits per heavy atom. The van der Waals surface area contributed by atoms with Crippen LogP contribution in [0.5, 0.6) is 0 Å². The average Bonchev–Trinajstić information content (AvgIpc) is 3.29. The van der Waals surface area contributed by atoms with Crippen molar-refractivity contribution >= 4 is 27.7 Å². The highest BCUT2D eigenvalue weighted by Crippen LogP contribution is 2.15. The molecule has 1 heterocycles. The molecule has 1 aromatic carbocycles. The van der Waals surface area contributed by atoms with Gasteiger partial charge in [-0.15, -0.1) is 0 Å². The van der Waals surface area contributed by atoms with E-state index in [4.69, 9.17) is 4.74 Å². The van der Waals surface area contributed by atoms with Gasteiger partial charge >= 0.3 is 0 Å². The van der Waals surface area contributed by atoms with Crippen molar-refractivity contribution in [2.45, 2.75) is 72.4 Å². The highest BCUT2D eigenvalue weighted by atomic mass is 79.9. The topological polar surface area (TPSA) is 54.8 Å². The third-order valence-electron chi connectivity index (χ3n) is 6.02. The summed E-state index contributed by atoms with van der Waals surface area (Å²) in [5.41, 5.74) is 2.30. The Morgan fingerprint density at radius 3 is 2.31 bits per heavy atom. The Bertz CT molecular complexity index is 882. The van der Waals surface area contributed by atoms with E-state index >= 15 is 0 Å². The van der Waals surface area contributed by atoms with Gasteiger partial charge in [0.25, 0.3) is 0 Å². The Morgan fingerprint density at radius 2 is 1.63 bits per heavy atom. The van der Waals surface area contributed by atoms with Gasteiger partial charge in [0, 0.05) is 55.6 Å². The second-order valence-corrected chi connectivity index (χ2v) is 9.81. The van der Waals surface area contributed by atoms with Crippen LogP contribution in [-0.4, -0.2) is 59.0 Å². The number of rotatable bonds is 17. The molecule has 0 bridgehead atoms. The molecule has 35 heavy (non-hydrogen) atoms. The SMILES string of the molecule is CCCCC(=O)N(CCCOCC)CC(=O)N(CCCC)Cc1cccn1Cc1ccc(Br)cc1. The van der Waals surface area contributed by atoms with Crippen LogP contribution < -0.4 is 0 Å². The smallest absolute Gasteiger partial charge is 0.242 e. The molecule has 0 fully saturated rings. The number of unbranched alkanes of at least 4 members (excludes halogenated alkanes) is 2. The summed E-state index contributed by atoms with van der Waals surface area (Å²) < 4.78 is 8.71.